The highest BCUT2D eigenvalue weighted by molar-refractivity contribution is 8.01. The molecule has 1 N–H and O–H groups in total. The van der Waals surface area contributed by atoms with E-state index in [-0.39, 0.29) is 18.8 Å². The summed E-state index contributed by atoms with van der Waals surface area (Å²) in [7, 11) is 0. The highest BCUT2D eigenvalue weighted by Crippen LogP contribution is 2.29. The first-order chi connectivity index (χ1) is 14.0. The number of para-hydroxylation sites is 1. The molecule has 0 aliphatic rings. The Morgan fingerprint density at radius 3 is 2.76 bits per heavy atom. The van der Waals surface area contributed by atoms with Crippen molar-refractivity contribution in [3.05, 3.63) is 54.1 Å². The molecule has 0 saturated carbocycles. The number of carbonyl (C=O) groups excluding carboxylic acids is 3. The van der Waals surface area contributed by atoms with E-state index in [1.165, 1.54) is 6.92 Å². The van der Waals surface area contributed by atoms with Crippen molar-refractivity contribution in [2.24, 2.45) is 0 Å². The van der Waals surface area contributed by atoms with Crippen LogP contribution in [0.3, 0.4) is 0 Å². The van der Waals surface area contributed by atoms with Gasteiger partial charge in [-0.3, -0.25) is 14.4 Å². The second kappa shape index (κ2) is 10.2. The normalized spacial score (nSPS) is 10.7. The molecule has 1 heterocycles. The summed E-state index contributed by atoms with van der Waals surface area (Å²) in [4.78, 5) is 39.7. The first kappa shape index (κ1) is 21.0. The molecule has 0 bridgehead atoms. The summed E-state index contributed by atoms with van der Waals surface area (Å²) in [5, 5.41) is 2.61. The Morgan fingerprint density at radius 2 is 1.97 bits per heavy atom. The van der Waals surface area contributed by atoms with Gasteiger partial charge in [-0.1, -0.05) is 36.0 Å². The minimum atomic E-state index is -0.442. The fourth-order valence-corrected chi connectivity index (χ4v) is 4.60. The number of fused-ring (bicyclic) bond motifs is 1. The van der Waals surface area contributed by atoms with E-state index in [2.05, 4.69) is 10.3 Å². The minimum absolute atomic E-state index is 0.0868. The number of rotatable bonds is 9. The van der Waals surface area contributed by atoms with Crippen molar-refractivity contribution in [2.75, 3.05) is 17.7 Å². The summed E-state index contributed by atoms with van der Waals surface area (Å²) >= 11 is 3.25. The molecule has 1 aromatic heterocycles. The number of benzene rings is 2. The number of aromatic nitrogens is 1. The minimum Gasteiger partial charge on any atom is -0.456 e. The van der Waals surface area contributed by atoms with Crippen LogP contribution in [-0.4, -0.2) is 35.0 Å². The predicted octanol–water partition coefficient (Wildman–Crippen LogP) is 4.55. The molecule has 8 heteroatoms. The number of nitrogens with one attached hydrogen (secondary N) is 1. The maximum absolute atomic E-state index is 11.9. The largest absolute Gasteiger partial charge is 0.456 e. The number of thioether (sulfide) groups is 1. The van der Waals surface area contributed by atoms with Gasteiger partial charge in [0, 0.05) is 23.4 Å². The predicted molar refractivity (Wildman–Crippen MR) is 116 cm³/mol. The molecule has 6 nitrogen and oxygen atoms in total. The van der Waals surface area contributed by atoms with Gasteiger partial charge in [-0.25, -0.2) is 4.98 Å². The number of thiazole rings is 1. The zero-order valence-electron chi connectivity index (χ0n) is 15.8. The summed E-state index contributed by atoms with van der Waals surface area (Å²) in [6.07, 6.45) is 0.882. The molecule has 29 heavy (non-hydrogen) atoms. The first-order valence-corrected chi connectivity index (χ1v) is 10.9. The molecule has 0 aliphatic carbocycles. The molecule has 0 saturated heterocycles. The van der Waals surface area contributed by atoms with E-state index >= 15 is 0 Å². The molecule has 1 amide bonds. The highest BCUT2D eigenvalue weighted by atomic mass is 32.2. The van der Waals surface area contributed by atoms with Crippen molar-refractivity contribution in [3.8, 4) is 0 Å². The molecule has 3 aromatic rings. The SMILES string of the molecule is CC(=O)c1cccc(NC(=O)COC(=O)CCCSc2nc3ccccc3s2)c1. The van der Waals surface area contributed by atoms with Crippen molar-refractivity contribution in [1.82, 2.24) is 4.98 Å². The van der Waals surface area contributed by atoms with E-state index in [0.29, 0.717) is 17.7 Å². The Bertz CT molecular complexity index is 999. The fraction of sp³-hybridized carbons (Fsp3) is 0.238. The van der Waals surface area contributed by atoms with Crippen LogP contribution in [0, 0.1) is 0 Å². The monoisotopic (exact) mass is 428 g/mol. The number of hydrogen-bond donors (Lipinski definition) is 1. The van der Waals surface area contributed by atoms with Gasteiger partial charge < -0.3 is 10.1 Å². The van der Waals surface area contributed by atoms with Gasteiger partial charge in [-0.05, 0) is 37.6 Å². The average Bonchev–Trinajstić information content (AvgIpc) is 3.13. The molecule has 0 unspecified atom stereocenters. The third kappa shape index (κ3) is 6.40. The molecule has 0 fully saturated rings. The Hall–Kier alpha value is -2.71. The maximum atomic E-state index is 11.9. The zero-order chi connectivity index (χ0) is 20.6. The lowest BCUT2D eigenvalue weighted by Crippen LogP contribution is -2.21. The van der Waals surface area contributed by atoms with E-state index in [1.807, 2.05) is 24.3 Å². The van der Waals surface area contributed by atoms with Gasteiger partial charge >= 0.3 is 5.97 Å². The highest BCUT2D eigenvalue weighted by Gasteiger charge is 2.10. The van der Waals surface area contributed by atoms with Gasteiger partial charge in [-0.2, -0.15) is 0 Å². The van der Waals surface area contributed by atoms with Crippen LogP contribution in [0.4, 0.5) is 5.69 Å². The topological polar surface area (TPSA) is 85.4 Å². The molecule has 0 atom stereocenters. The summed E-state index contributed by atoms with van der Waals surface area (Å²) in [5.41, 5.74) is 1.98. The molecule has 3 rings (SSSR count). The third-order valence-corrected chi connectivity index (χ3v) is 6.21. The number of Topliss-reactive ketones (excluding diaryl/α,β-unsaturated/α-hetero) is 1. The lowest BCUT2D eigenvalue weighted by atomic mass is 10.1. The number of esters is 1. The lowest BCUT2D eigenvalue weighted by molar-refractivity contribution is -0.147. The van der Waals surface area contributed by atoms with E-state index in [0.717, 1.165) is 20.3 Å². The van der Waals surface area contributed by atoms with Gasteiger partial charge in [0.25, 0.3) is 5.91 Å². The van der Waals surface area contributed by atoms with Crippen LogP contribution >= 0.6 is 23.1 Å². The van der Waals surface area contributed by atoms with Crippen LogP contribution < -0.4 is 5.32 Å². The second-order valence-corrected chi connectivity index (χ2v) is 8.62. The van der Waals surface area contributed by atoms with Crippen molar-refractivity contribution in [1.29, 1.82) is 0 Å². The molecule has 0 radical (unpaired) electrons. The summed E-state index contributed by atoms with van der Waals surface area (Å²) in [6, 6.07) is 14.6. The number of carbonyl (C=O) groups is 3. The number of amides is 1. The molecule has 0 spiro atoms. The Balaban J connectivity index is 1.34. The summed E-state index contributed by atoms with van der Waals surface area (Å²) < 4.78 is 7.14. The zero-order valence-corrected chi connectivity index (χ0v) is 17.5. The van der Waals surface area contributed by atoms with Crippen LogP contribution in [0.1, 0.15) is 30.1 Å². The second-order valence-electron chi connectivity index (χ2n) is 6.25. The van der Waals surface area contributed by atoms with Crippen molar-refractivity contribution < 1.29 is 19.1 Å². The fourth-order valence-electron chi connectivity index (χ4n) is 2.52. The van der Waals surface area contributed by atoms with E-state index < -0.39 is 11.9 Å². The van der Waals surface area contributed by atoms with Crippen LogP contribution in [-0.2, 0) is 14.3 Å². The molecule has 2 aromatic carbocycles. The molecular formula is C21H20N2O4S2. The number of ketones is 1. The Labute approximate surface area is 176 Å². The standard InChI is InChI=1S/C21H20N2O4S2/c1-14(24)15-6-4-7-16(12-15)22-19(25)13-27-20(26)10-5-11-28-21-23-17-8-2-3-9-18(17)29-21/h2-4,6-9,12H,5,10-11,13H2,1H3,(H,22,25). The van der Waals surface area contributed by atoms with E-state index in [4.69, 9.17) is 4.74 Å². The maximum Gasteiger partial charge on any atom is 0.306 e. The Morgan fingerprint density at radius 1 is 1.14 bits per heavy atom. The Kier molecular flexibility index (Phi) is 7.37. The number of ether oxygens (including phenoxy) is 1. The number of nitrogens with zero attached hydrogens (tertiary/aromatic N) is 1. The molecule has 0 aliphatic heterocycles. The third-order valence-electron chi connectivity index (χ3n) is 3.94. The van der Waals surface area contributed by atoms with Gasteiger partial charge in [0.05, 0.1) is 10.2 Å². The van der Waals surface area contributed by atoms with Crippen LogP contribution in [0.15, 0.2) is 52.9 Å². The smallest absolute Gasteiger partial charge is 0.306 e. The molecular weight excluding hydrogens is 408 g/mol. The molecule has 150 valence electrons. The van der Waals surface area contributed by atoms with E-state index in [9.17, 15) is 14.4 Å². The van der Waals surface area contributed by atoms with Crippen LogP contribution in [0.25, 0.3) is 10.2 Å². The van der Waals surface area contributed by atoms with Gasteiger partial charge in [-0.15, -0.1) is 11.3 Å². The quantitative estimate of drug-likeness (QED) is 0.233. The van der Waals surface area contributed by atoms with Crippen molar-refractivity contribution >= 4 is 56.7 Å². The van der Waals surface area contributed by atoms with Crippen LogP contribution in [0.2, 0.25) is 0 Å². The van der Waals surface area contributed by atoms with Gasteiger partial charge in [0.15, 0.2) is 16.7 Å². The van der Waals surface area contributed by atoms with Gasteiger partial charge in [0.2, 0.25) is 0 Å². The average molecular weight is 429 g/mol. The van der Waals surface area contributed by atoms with E-state index in [1.54, 1.807) is 47.4 Å². The van der Waals surface area contributed by atoms with Crippen molar-refractivity contribution in [2.45, 2.75) is 24.1 Å². The number of anilines is 1. The first-order valence-electron chi connectivity index (χ1n) is 9.06. The lowest BCUT2D eigenvalue weighted by Gasteiger charge is -2.07. The summed E-state index contributed by atoms with van der Waals surface area (Å²) in [6.45, 7) is 1.10. The number of hydrogen-bond acceptors (Lipinski definition) is 7. The van der Waals surface area contributed by atoms with Crippen LogP contribution in [0.5, 0.6) is 0 Å². The summed E-state index contributed by atoms with van der Waals surface area (Å²) in [5.74, 6) is -0.194. The van der Waals surface area contributed by atoms with Gasteiger partial charge in [0.1, 0.15) is 0 Å². The van der Waals surface area contributed by atoms with Crippen molar-refractivity contribution in [3.63, 3.8) is 0 Å².